The molecule has 1 atom stereocenters. The van der Waals surface area contributed by atoms with Gasteiger partial charge in [-0.15, -0.1) is 24.8 Å². The van der Waals surface area contributed by atoms with Crippen molar-refractivity contribution in [3.8, 4) is 0 Å². The van der Waals surface area contributed by atoms with Crippen LogP contribution in [-0.4, -0.2) is 36.1 Å². The number of carbonyl (C=O) groups excluding carboxylic acids is 1. The summed E-state index contributed by atoms with van der Waals surface area (Å²) in [5.41, 5.74) is 10.4. The van der Waals surface area contributed by atoms with E-state index in [4.69, 9.17) is 16.6 Å². The van der Waals surface area contributed by atoms with Crippen LogP contribution >= 0.6 is 24.8 Å². The van der Waals surface area contributed by atoms with Gasteiger partial charge in [-0.25, -0.2) is 0 Å². The van der Waals surface area contributed by atoms with Crippen LogP contribution in [0.5, 0.6) is 0 Å². The van der Waals surface area contributed by atoms with Gasteiger partial charge in [-0.1, -0.05) is 0 Å². The number of carbonyl (C=O) groups is 2. The van der Waals surface area contributed by atoms with E-state index in [0.717, 1.165) is 0 Å². The number of aliphatic carboxylic acids is 1. The minimum absolute atomic E-state index is 0. The number of rotatable bonds is 5. The maximum Gasteiger partial charge on any atom is 0.305 e. The van der Waals surface area contributed by atoms with Crippen molar-refractivity contribution in [2.45, 2.75) is 12.5 Å². The van der Waals surface area contributed by atoms with Gasteiger partial charge in [0, 0.05) is 13.1 Å². The molecule has 0 aliphatic carbocycles. The summed E-state index contributed by atoms with van der Waals surface area (Å²) in [4.78, 5) is 20.9. The normalized spacial score (nSPS) is 10.4. The Morgan fingerprint density at radius 2 is 1.86 bits per heavy atom. The van der Waals surface area contributed by atoms with E-state index >= 15 is 0 Å². The van der Waals surface area contributed by atoms with Crippen molar-refractivity contribution in [2.75, 3.05) is 13.1 Å². The van der Waals surface area contributed by atoms with E-state index in [2.05, 4.69) is 5.32 Å². The van der Waals surface area contributed by atoms with E-state index in [0.29, 0.717) is 0 Å². The maximum absolute atomic E-state index is 10.8. The molecule has 1 amide bonds. The molecule has 0 saturated carbocycles. The van der Waals surface area contributed by atoms with Gasteiger partial charge in [0.05, 0.1) is 12.5 Å². The number of carboxylic acids is 1. The summed E-state index contributed by atoms with van der Waals surface area (Å²) in [6.07, 6.45) is -0.108. The van der Waals surface area contributed by atoms with E-state index in [9.17, 15) is 9.59 Å². The molecule has 0 aliphatic rings. The third-order valence-corrected chi connectivity index (χ3v) is 1.23. The fourth-order valence-corrected chi connectivity index (χ4v) is 0.531. The molecule has 0 rings (SSSR count). The van der Waals surface area contributed by atoms with Crippen molar-refractivity contribution in [2.24, 2.45) is 11.5 Å². The second-order valence-electron chi connectivity index (χ2n) is 2.28. The molecule has 0 spiro atoms. The van der Waals surface area contributed by atoms with E-state index < -0.39 is 17.9 Å². The highest BCUT2D eigenvalue weighted by Gasteiger charge is 2.10. The number of hydrogen-bond donors (Lipinski definition) is 4. The average molecular weight is 248 g/mol. The fourth-order valence-electron chi connectivity index (χ4n) is 0.531. The lowest BCUT2D eigenvalue weighted by Gasteiger charge is -2.08. The van der Waals surface area contributed by atoms with Crippen LogP contribution < -0.4 is 16.8 Å². The van der Waals surface area contributed by atoms with Gasteiger partial charge in [0.1, 0.15) is 0 Å². The molecular weight excluding hydrogens is 233 g/mol. The van der Waals surface area contributed by atoms with Crippen LogP contribution in [0.1, 0.15) is 6.42 Å². The lowest BCUT2D eigenvalue weighted by molar-refractivity contribution is -0.136. The molecule has 14 heavy (non-hydrogen) atoms. The average Bonchev–Trinajstić information content (AvgIpc) is 2.02. The van der Waals surface area contributed by atoms with E-state index in [-0.39, 0.29) is 44.3 Å². The summed E-state index contributed by atoms with van der Waals surface area (Å²) >= 11 is 0. The lowest BCUT2D eigenvalue weighted by Crippen LogP contribution is -2.45. The zero-order valence-electron chi connectivity index (χ0n) is 7.43. The minimum atomic E-state index is -0.961. The largest absolute Gasteiger partial charge is 0.481 e. The molecule has 0 saturated heterocycles. The highest BCUT2D eigenvalue weighted by Crippen LogP contribution is 1.78. The topological polar surface area (TPSA) is 118 Å². The molecule has 6 N–H and O–H groups in total. The predicted molar refractivity (Wildman–Crippen MR) is 56.8 cm³/mol. The first kappa shape index (κ1) is 19.1. The van der Waals surface area contributed by atoms with Crippen LogP contribution in [0.2, 0.25) is 0 Å². The number of halogens is 2. The van der Waals surface area contributed by atoms with Crippen molar-refractivity contribution in [3.63, 3.8) is 0 Å². The summed E-state index contributed by atoms with van der Waals surface area (Å²) in [5, 5.41) is 10.6. The van der Waals surface area contributed by atoms with Crippen LogP contribution in [0.3, 0.4) is 0 Å². The maximum atomic E-state index is 10.8. The smallest absolute Gasteiger partial charge is 0.305 e. The van der Waals surface area contributed by atoms with Gasteiger partial charge < -0.3 is 21.9 Å². The van der Waals surface area contributed by atoms with Crippen LogP contribution in [0.25, 0.3) is 0 Å². The van der Waals surface area contributed by atoms with Crippen molar-refractivity contribution in [1.29, 1.82) is 0 Å². The Labute approximate surface area is 94.2 Å². The third kappa shape index (κ3) is 9.53. The van der Waals surface area contributed by atoms with Crippen molar-refractivity contribution >= 4 is 36.7 Å². The number of nitrogens with one attached hydrogen (secondary N) is 1. The van der Waals surface area contributed by atoms with Crippen molar-refractivity contribution < 1.29 is 14.7 Å². The van der Waals surface area contributed by atoms with Gasteiger partial charge in [-0.3, -0.25) is 9.59 Å². The first-order valence-electron chi connectivity index (χ1n) is 3.53. The van der Waals surface area contributed by atoms with E-state index in [1.165, 1.54) is 0 Å². The summed E-state index contributed by atoms with van der Waals surface area (Å²) in [7, 11) is 0. The molecule has 6 nitrogen and oxygen atoms in total. The van der Waals surface area contributed by atoms with Crippen LogP contribution in [-0.2, 0) is 9.59 Å². The molecule has 0 fully saturated rings. The summed E-state index contributed by atoms with van der Waals surface area (Å²) in [6, 6.07) is -0.751. The SMILES string of the molecule is Cl.Cl.NC[C@H](N)C(=O)NCCC(=O)O. The molecular formula is C6H15Cl2N3O3. The van der Waals surface area contributed by atoms with Gasteiger partial charge in [-0.2, -0.15) is 0 Å². The Hall–Kier alpha value is -0.560. The molecule has 0 bridgehead atoms. The van der Waals surface area contributed by atoms with Gasteiger partial charge in [-0.05, 0) is 0 Å². The second kappa shape index (κ2) is 10.5. The summed E-state index contributed by atoms with van der Waals surface area (Å²) in [6.45, 7) is 0.140. The minimum Gasteiger partial charge on any atom is -0.481 e. The zero-order valence-corrected chi connectivity index (χ0v) is 9.07. The van der Waals surface area contributed by atoms with Crippen molar-refractivity contribution in [1.82, 2.24) is 5.32 Å². The molecule has 0 unspecified atom stereocenters. The van der Waals surface area contributed by atoms with Gasteiger partial charge >= 0.3 is 5.97 Å². The standard InChI is InChI=1S/C6H13N3O3.2ClH/c7-3-4(8)6(12)9-2-1-5(10)11;;/h4H,1-3,7-8H2,(H,9,12)(H,10,11);2*1H/t4-;;/m0../s1. The number of amides is 1. The molecule has 0 radical (unpaired) electrons. The molecule has 0 aromatic rings. The zero-order chi connectivity index (χ0) is 9.56. The van der Waals surface area contributed by atoms with E-state index in [1.807, 2.05) is 0 Å². The van der Waals surface area contributed by atoms with Crippen LogP contribution in [0, 0.1) is 0 Å². The Morgan fingerprint density at radius 1 is 1.36 bits per heavy atom. The van der Waals surface area contributed by atoms with Crippen LogP contribution in [0.4, 0.5) is 0 Å². The Bertz CT molecular complexity index is 180. The quantitative estimate of drug-likeness (QED) is 0.482. The molecule has 8 heteroatoms. The molecule has 0 aliphatic heterocycles. The summed E-state index contributed by atoms with van der Waals surface area (Å²) in [5.74, 6) is -1.38. The van der Waals surface area contributed by atoms with Gasteiger partial charge in [0.15, 0.2) is 0 Å². The van der Waals surface area contributed by atoms with Crippen molar-refractivity contribution in [3.05, 3.63) is 0 Å². The molecule has 0 aromatic heterocycles. The Morgan fingerprint density at radius 3 is 2.21 bits per heavy atom. The Balaban J connectivity index is -0.000000605. The first-order chi connectivity index (χ1) is 5.57. The van der Waals surface area contributed by atoms with Gasteiger partial charge in [0.25, 0.3) is 0 Å². The predicted octanol–water partition coefficient (Wildman–Crippen LogP) is -1.29. The molecule has 0 heterocycles. The second-order valence-corrected chi connectivity index (χ2v) is 2.28. The van der Waals surface area contributed by atoms with E-state index in [1.54, 1.807) is 0 Å². The van der Waals surface area contributed by atoms with Crippen LogP contribution in [0.15, 0.2) is 0 Å². The number of hydrogen-bond acceptors (Lipinski definition) is 4. The molecule has 0 aromatic carbocycles. The molecule has 86 valence electrons. The lowest BCUT2D eigenvalue weighted by atomic mass is 10.3. The van der Waals surface area contributed by atoms with Gasteiger partial charge in [0.2, 0.25) is 5.91 Å². The first-order valence-corrected chi connectivity index (χ1v) is 3.53. The number of carboxylic acid groups (broad SMARTS) is 1. The fraction of sp³-hybridized carbons (Fsp3) is 0.667. The third-order valence-electron chi connectivity index (χ3n) is 1.23. The highest BCUT2D eigenvalue weighted by molar-refractivity contribution is 5.85. The Kier molecular flexibility index (Phi) is 14.3. The highest BCUT2D eigenvalue weighted by atomic mass is 35.5. The number of nitrogens with two attached hydrogens (primary N) is 2. The summed E-state index contributed by atoms with van der Waals surface area (Å²) < 4.78 is 0. The monoisotopic (exact) mass is 247 g/mol.